The second kappa shape index (κ2) is 9.72. The lowest BCUT2D eigenvalue weighted by atomic mass is 9.87. The summed E-state index contributed by atoms with van der Waals surface area (Å²) >= 11 is 0. The summed E-state index contributed by atoms with van der Waals surface area (Å²) in [6.07, 6.45) is 1.16. The van der Waals surface area contributed by atoms with Crippen LogP contribution in [0.1, 0.15) is 63.5 Å². The molecule has 2 aromatic carbocycles. The van der Waals surface area contributed by atoms with Gasteiger partial charge < -0.3 is 20.1 Å². The number of carbonyl (C=O) groups is 3. The normalized spacial score (nSPS) is 19.2. The van der Waals surface area contributed by atoms with Gasteiger partial charge in [0.05, 0.1) is 0 Å². The Morgan fingerprint density at radius 2 is 1.69 bits per heavy atom. The lowest BCUT2D eigenvalue weighted by molar-refractivity contribution is -0.157. The molecule has 2 aliphatic rings. The van der Waals surface area contributed by atoms with E-state index in [9.17, 15) is 19.5 Å². The molecular formula is C28H34N2O5. The minimum atomic E-state index is -1.12. The van der Waals surface area contributed by atoms with Crippen LogP contribution in [0.5, 0.6) is 0 Å². The van der Waals surface area contributed by atoms with Crippen LogP contribution in [0.15, 0.2) is 48.5 Å². The van der Waals surface area contributed by atoms with Gasteiger partial charge in [-0.2, -0.15) is 0 Å². The second-order valence-corrected chi connectivity index (χ2v) is 10.4. The number of alkyl carbamates (subject to hydrolysis) is 1. The second-order valence-electron chi connectivity index (χ2n) is 10.4. The lowest BCUT2D eigenvalue weighted by Crippen LogP contribution is -2.53. The average Bonchev–Trinajstić information content (AvgIpc) is 3.42. The minimum Gasteiger partial charge on any atom is -0.479 e. The Labute approximate surface area is 206 Å². The highest BCUT2D eigenvalue weighted by Crippen LogP contribution is 2.44. The monoisotopic (exact) mass is 478 g/mol. The topological polar surface area (TPSA) is 95.9 Å². The maximum absolute atomic E-state index is 13.0. The van der Waals surface area contributed by atoms with Crippen molar-refractivity contribution < 1.29 is 24.2 Å². The van der Waals surface area contributed by atoms with E-state index in [1.807, 2.05) is 45.0 Å². The first kappa shape index (κ1) is 24.8. The summed E-state index contributed by atoms with van der Waals surface area (Å²) < 4.78 is 5.60. The number of carboxylic acids is 1. The van der Waals surface area contributed by atoms with E-state index in [1.165, 1.54) is 16.0 Å². The van der Waals surface area contributed by atoms with Gasteiger partial charge in [-0.1, -0.05) is 69.3 Å². The number of amides is 2. The number of likely N-dealkylation sites (tertiary alicyclic amines) is 1. The first-order valence-corrected chi connectivity index (χ1v) is 12.3. The molecule has 2 aromatic rings. The van der Waals surface area contributed by atoms with Crippen molar-refractivity contribution in [3.63, 3.8) is 0 Å². The standard InChI is InChI=1S/C28H34N2O5/c1-4-28(25(32)33)14-9-15-30(28)24(31)16-27(2,3)18-29-26(34)35-17-23-21-12-7-5-10-19(21)20-11-6-8-13-22(20)23/h5-8,10-13,23H,4,9,14-18H2,1-3H3,(H,29,34)(H,32,33). The number of fused-ring (bicyclic) bond motifs is 3. The number of ether oxygens (including phenoxy) is 1. The van der Waals surface area contributed by atoms with E-state index in [0.29, 0.717) is 25.8 Å². The van der Waals surface area contributed by atoms with Gasteiger partial charge in [0.15, 0.2) is 0 Å². The van der Waals surface area contributed by atoms with Crippen molar-refractivity contribution in [3.05, 3.63) is 59.7 Å². The van der Waals surface area contributed by atoms with Crippen molar-refractivity contribution in [2.45, 2.75) is 57.9 Å². The molecule has 4 rings (SSSR count). The Morgan fingerprint density at radius 3 is 2.26 bits per heavy atom. The third-order valence-corrected chi connectivity index (χ3v) is 7.46. The molecule has 0 aromatic heterocycles. The van der Waals surface area contributed by atoms with Crippen molar-refractivity contribution in [2.75, 3.05) is 19.7 Å². The molecule has 0 radical (unpaired) electrons. The van der Waals surface area contributed by atoms with Crippen LogP contribution in [0.25, 0.3) is 11.1 Å². The molecule has 0 bridgehead atoms. The number of nitrogens with zero attached hydrogens (tertiary/aromatic N) is 1. The van der Waals surface area contributed by atoms with Crippen molar-refractivity contribution in [2.24, 2.45) is 5.41 Å². The van der Waals surface area contributed by atoms with Gasteiger partial charge in [-0.25, -0.2) is 9.59 Å². The van der Waals surface area contributed by atoms with E-state index in [1.54, 1.807) is 0 Å². The highest BCUT2D eigenvalue weighted by atomic mass is 16.5. The molecule has 2 amide bonds. The largest absolute Gasteiger partial charge is 0.479 e. The van der Waals surface area contributed by atoms with Crippen LogP contribution in [0.3, 0.4) is 0 Å². The van der Waals surface area contributed by atoms with E-state index in [0.717, 1.165) is 11.1 Å². The van der Waals surface area contributed by atoms with Crippen LogP contribution in [-0.4, -0.2) is 53.2 Å². The van der Waals surface area contributed by atoms with Crippen molar-refractivity contribution in [1.29, 1.82) is 0 Å². The van der Waals surface area contributed by atoms with Crippen LogP contribution in [0.4, 0.5) is 4.79 Å². The number of rotatable bonds is 8. The molecule has 2 N–H and O–H groups in total. The highest BCUT2D eigenvalue weighted by molar-refractivity contribution is 5.88. The van der Waals surface area contributed by atoms with E-state index in [4.69, 9.17) is 4.74 Å². The molecule has 0 saturated carbocycles. The van der Waals surface area contributed by atoms with Gasteiger partial charge in [-0.3, -0.25) is 4.79 Å². The molecule has 1 aliphatic carbocycles. The summed E-state index contributed by atoms with van der Waals surface area (Å²) in [5, 5.41) is 12.6. The quantitative estimate of drug-likeness (QED) is 0.568. The maximum Gasteiger partial charge on any atom is 0.407 e. The fourth-order valence-electron chi connectivity index (χ4n) is 5.51. The maximum atomic E-state index is 13.0. The van der Waals surface area contributed by atoms with Crippen LogP contribution >= 0.6 is 0 Å². The Hall–Kier alpha value is -3.35. The fourth-order valence-corrected chi connectivity index (χ4v) is 5.51. The Bertz CT molecular complexity index is 1080. The van der Waals surface area contributed by atoms with E-state index >= 15 is 0 Å². The highest BCUT2D eigenvalue weighted by Gasteiger charge is 2.49. The van der Waals surface area contributed by atoms with Gasteiger partial charge in [0.2, 0.25) is 5.91 Å². The number of benzene rings is 2. The summed E-state index contributed by atoms with van der Waals surface area (Å²) in [5.74, 6) is -1.15. The minimum absolute atomic E-state index is 0.0175. The zero-order chi connectivity index (χ0) is 25.2. The summed E-state index contributed by atoms with van der Waals surface area (Å²) in [6.45, 7) is 6.51. The summed E-state index contributed by atoms with van der Waals surface area (Å²) in [4.78, 5) is 39.0. The van der Waals surface area contributed by atoms with Gasteiger partial charge in [-0.15, -0.1) is 0 Å². The van der Waals surface area contributed by atoms with Crippen molar-refractivity contribution in [1.82, 2.24) is 10.2 Å². The summed E-state index contributed by atoms with van der Waals surface area (Å²) in [7, 11) is 0. The first-order valence-electron chi connectivity index (χ1n) is 12.3. The van der Waals surface area contributed by atoms with Crippen molar-refractivity contribution >= 4 is 18.0 Å². The van der Waals surface area contributed by atoms with Gasteiger partial charge in [0.1, 0.15) is 12.1 Å². The van der Waals surface area contributed by atoms with Crippen LogP contribution in [-0.2, 0) is 14.3 Å². The predicted molar refractivity (Wildman–Crippen MR) is 133 cm³/mol. The number of carboxylic acid groups (broad SMARTS) is 1. The van der Waals surface area contributed by atoms with Crippen LogP contribution in [0, 0.1) is 5.41 Å². The smallest absolute Gasteiger partial charge is 0.407 e. The number of hydrogen-bond acceptors (Lipinski definition) is 4. The molecule has 35 heavy (non-hydrogen) atoms. The molecule has 0 spiro atoms. The molecular weight excluding hydrogens is 444 g/mol. The number of hydrogen-bond donors (Lipinski definition) is 2. The SMILES string of the molecule is CCC1(C(=O)O)CCCN1C(=O)CC(C)(C)CNC(=O)OCC1c2ccccc2-c2ccccc21. The van der Waals surface area contributed by atoms with Gasteiger partial charge in [0, 0.05) is 25.4 Å². The number of aliphatic carboxylic acids is 1. The Kier molecular flexibility index (Phi) is 6.88. The number of carbonyl (C=O) groups excluding carboxylic acids is 2. The molecule has 1 heterocycles. The lowest BCUT2D eigenvalue weighted by Gasteiger charge is -2.36. The molecule has 1 aliphatic heterocycles. The van der Waals surface area contributed by atoms with E-state index in [-0.39, 0.29) is 31.4 Å². The third-order valence-electron chi connectivity index (χ3n) is 7.46. The van der Waals surface area contributed by atoms with Crippen molar-refractivity contribution in [3.8, 4) is 11.1 Å². The van der Waals surface area contributed by atoms with Crippen LogP contribution in [0.2, 0.25) is 0 Å². The predicted octanol–water partition coefficient (Wildman–Crippen LogP) is 4.80. The Morgan fingerprint density at radius 1 is 1.09 bits per heavy atom. The summed E-state index contributed by atoms with van der Waals surface area (Å²) in [6, 6.07) is 16.3. The molecule has 1 atom stereocenters. The zero-order valence-electron chi connectivity index (χ0n) is 20.7. The summed E-state index contributed by atoms with van der Waals surface area (Å²) in [5.41, 5.74) is 2.97. The van der Waals surface area contributed by atoms with Gasteiger partial charge >= 0.3 is 12.1 Å². The van der Waals surface area contributed by atoms with E-state index in [2.05, 4.69) is 29.6 Å². The molecule has 7 heteroatoms. The molecule has 1 fully saturated rings. The molecule has 1 saturated heterocycles. The van der Waals surface area contributed by atoms with E-state index < -0.39 is 23.0 Å². The van der Waals surface area contributed by atoms with Gasteiger partial charge in [0.25, 0.3) is 0 Å². The van der Waals surface area contributed by atoms with Gasteiger partial charge in [-0.05, 0) is 46.9 Å². The third kappa shape index (κ3) is 4.77. The first-order chi connectivity index (χ1) is 16.7. The fraction of sp³-hybridized carbons (Fsp3) is 0.464. The molecule has 7 nitrogen and oxygen atoms in total. The average molecular weight is 479 g/mol. The molecule has 1 unspecified atom stereocenters. The zero-order valence-corrected chi connectivity index (χ0v) is 20.7. The van der Waals surface area contributed by atoms with Crippen LogP contribution < -0.4 is 5.32 Å². The Balaban J connectivity index is 1.33. The molecule has 186 valence electrons. The number of nitrogens with one attached hydrogen (secondary N) is 1.